The van der Waals surface area contributed by atoms with Crippen molar-refractivity contribution in [2.45, 2.75) is 18.3 Å². The van der Waals surface area contributed by atoms with E-state index in [0.717, 1.165) is 11.7 Å². The van der Waals surface area contributed by atoms with Crippen LogP contribution < -0.4 is 0 Å². The third-order valence-electron chi connectivity index (χ3n) is 1.70. The van der Waals surface area contributed by atoms with Gasteiger partial charge in [0.05, 0.1) is 12.6 Å². The Hall–Kier alpha value is -0.230. The highest BCUT2D eigenvalue weighted by molar-refractivity contribution is 4.94. The lowest BCUT2D eigenvalue weighted by molar-refractivity contribution is -0.134. The highest BCUT2D eigenvalue weighted by atomic mass is 19.1. The van der Waals surface area contributed by atoms with Crippen LogP contribution in [-0.2, 0) is 4.74 Å². The van der Waals surface area contributed by atoms with Gasteiger partial charge in [-0.3, -0.25) is 0 Å². The van der Waals surface area contributed by atoms with Crippen molar-refractivity contribution in [1.29, 1.82) is 0 Å². The van der Waals surface area contributed by atoms with Crippen molar-refractivity contribution in [2.24, 2.45) is 0 Å². The predicted octanol–water partition coefficient (Wildman–Crippen LogP) is -0.433. The van der Waals surface area contributed by atoms with Crippen LogP contribution in [0.4, 0.5) is 4.39 Å². The Morgan fingerprint density at radius 1 is 1.73 bits per heavy atom. The molecule has 0 aromatic carbocycles. The summed E-state index contributed by atoms with van der Waals surface area (Å²) in [5.41, 5.74) is 0. The minimum atomic E-state index is -1.35. The van der Waals surface area contributed by atoms with E-state index in [-0.39, 0.29) is 6.61 Å². The first-order chi connectivity index (χ1) is 5.16. The number of hydroxylamine groups is 2. The molecule has 1 aliphatic heterocycles. The molecule has 1 saturated heterocycles. The van der Waals surface area contributed by atoms with Gasteiger partial charge in [0.25, 0.3) is 0 Å². The Kier molecular flexibility index (Phi) is 2.78. The molecule has 1 fully saturated rings. The van der Waals surface area contributed by atoms with Gasteiger partial charge < -0.3 is 15.1 Å². The second-order valence-corrected chi connectivity index (χ2v) is 2.50. The quantitative estimate of drug-likeness (QED) is 0.543. The molecular formula is C6H11FNO3. The molecule has 11 heavy (non-hydrogen) atoms. The number of ether oxygens (including phenoxy) is 1. The first-order valence-electron chi connectivity index (χ1n) is 3.32. The molecular weight excluding hydrogens is 153 g/mol. The number of aliphatic hydroxyl groups excluding tert-OH is 1. The lowest BCUT2D eigenvalue weighted by Gasteiger charge is -2.22. The molecule has 0 spiro atoms. The van der Waals surface area contributed by atoms with Gasteiger partial charge in [-0.15, -0.1) is 0 Å². The van der Waals surface area contributed by atoms with Gasteiger partial charge in [-0.2, -0.15) is 5.06 Å². The van der Waals surface area contributed by atoms with E-state index < -0.39 is 18.3 Å². The maximum atomic E-state index is 12.8. The molecule has 4 nitrogen and oxygen atoms in total. The topological polar surface area (TPSA) is 52.9 Å². The zero-order chi connectivity index (χ0) is 8.43. The molecule has 0 aliphatic carbocycles. The minimum absolute atomic E-state index is 0.299. The van der Waals surface area contributed by atoms with E-state index in [9.17, 15) is 4.39 Å². The number of hydrogen-bond donors (Lipinski definition) is 2. The van der Waals surface area contributed by atoms with E-state index in [4.69, 9.17) is 15.1 Å². The van der Waals surface area contributed by atoms with Gasteiger partial charge in [0.2, 0.25) is 0 Å². The van der Waals surface area contributed by atoms with Crippen molar-refractivity contribution in [3.63, 3.8) is 0 Å². The van der Waals surface area contributed by atoms with E-state index in [1.165, 1.54) is 7.05 Å². The van der Waals surface area contributed by atoms with Crippen molar-refractivity contribution in [3.05, 3.63) is 6.61 Å². The van der Waals surface area contributed by atoms with Crippen molar-refractivity contribution in [3.8, 4) is 0 Å². The summed E-state index contributed by atoms with van der Waals surface area (Å²) in [7, 11) is 1.32. The molecule has 0 saturated carbocycles. The van der Waals surface area contributed by atoms with Crippen molar-refractivity contribution in [2.75, 3.05) is 13.7 Å². The Bertz CT molecular complexity index is 133. The summed E-state index contributed by atoms with van der Waals surface area (Å²) in [4.78, 5) is 0. The van der Waals surface area contributed by atoms with E-state index in [0.29, 0.717) is 0 Å². The van der Waals surface area contributed by atoms with Gasteiger partial charge in [-0.25, -0.2) is 4.39 Å². The van der Waals surface area contributed by atoms with Gasteiger partial charge in [-0.1, -0.05) is 0 Å². The van der Waals surface area contributed by atoms with Crippen LogP contribution in [0.1, 0.15) is 0 Å². The van der Waals surface area contributed by atoms with Crippen LogP contribution in [0.5, 0.6) is 0 Å². The molecule has 1 aliphatic rings. The summed E-state index contributed by atoms with van der Waals surface area (Å²) >= 11 is 0. The maximum absolute atomic E-state index is 12.8. The Morgan fingerprint density at radius 3 is 2.73 bits per heavy atom. The van der Waals surface area contributed by atoms with E-state index in [2.05, 4.69) is 0 Å². The number of rotatable bonds is 2. The summed E-state index contributed by atoms with van der Waals surface area (Å²) in [6.45, 7) is 0.685. The third kappa shape index (κ3) is 1.67. The smallest absolute Gasteiger partial charge is 0.149 e. The van der Waals surface area contributed by atoms with Crippen molar-refractivity contribution in [1.82, 2.24) is 5.06 Å². The van der Waals surface area contributed by atoms with E-state index >= 15 is 0 Å². The lowest BCUT2D eigenvalue weighted by Crippen LogP contribution is -2.42. The summed E-state index contributed by atoms with van der Waals surface area (Å²) in [5, 5.41) is 18.3. The first-order valence-corrected chi connectivity index (χ1v) is 3.32. The summed E-state index contributed by atoms with van der Waals surface area (Å²) < 4.78 is 17.5. The van der Waals surface area contributed by atoms with Crippen LogP contribution in [0.15, 0.2) is 0 Å². The maximum Gasteiger partial charge on any atom is 0.149 e. The normalized spacial score (nSPS) is 38.5. The molecule has 0 unspecified atom stereocenters. The van der Waals surface area contributed by atoms with Crippen LogP contribution in [-0.4, -0.2) is 47.3 Å². The predicted molar refractivity (Wildman–Crippen MR) is 34.5 cm³/mol. The number of hydrogen-bond acceptors (Lipinski definition) is 4. The van der Waals surface area contributed by atoms with Gasteiger partial charge in [0.1, 0.15) is 18.9 Å². The third-order valence-corrected chi connectivity index (χ3v) is 1.70. The van der Waals surface area contributed by atoms with Crippen molar-refractivity contribution >= 4 is 0 Å². The van der Waals surface area contributed by atoms with Crippen LogP contribution in [0.3, 0.4) is 0 Å². The summed E-state index contributed by atoms with van der Waals surface area (Å²) in [6.07, 6.45) is -2.01. The molecule has 0 aromatic heterocycles. The molecule has 3 atom stereocenters. The fourth-order valence-corrected chi connectivity index (χ4v) is 1.14. The van der Waals surface area contributed by atoms with Gasteiger partial charge >= 0.3 is 0 Å². The molecule has 1 radical (unpaired) electrons. The molecule has 1 rings (SSSR count). The molecule has 1 heterocycles. The van der Waals surface area contributed by atoms with E-state index in [1.807, 2.05) is 0 Å². The van der Waals surface area contributed by atoms with Crippen LogP contribution in [0.25, 0.3) is 0 Å². The minimum Gasteiger partial charge on any atom is -0.394 e. The Labute approximate surface area is 64.1 Å². The highest BCUT2D eigenvalue weighted by Gasteiger charge is 2.40. The largest absolute Gasteiger partial charge is 0.394 e. The number of likely N-dealkylation sites (N-methyl/N-ethyl adjacent to an activating group) is 1. The standard InChI is InChI=1S/C6H11FNO3/c1-8(10)6-4(7)3-11-5(6)2-9/h3-6,9-10H,2H2,1H3/t4-,5-,6+/m1/s1. The molecule has 2 N–H and O–H groups in total. The van der Waals surface area contributed by atoms with Gasteiger partial charge in [0, 0.05) is 7.05 Å². The Morgan fingerprint density at radius 2 is 2.36 bits per heavy atom. The fraction of sp³-hybridized carbons (Fsp3) is 0.833. The molecule has 0 bridgehead atoms. The number of alkyl halides is 1. The Balaban J connectivity index is 2.56. The molecule has 65 valence electrons. The fourth-order valence-electron chi connectivity index (χ4n) is 1.14. The number of halogens is 1. The number of aliphatic hydroxyl groups is 1. The number of nitrogens with zero attached hydrogens (tertiary/aromatic N) is 1. The van der Waals surface area contributed by atoms with Gasteiger partial charge in [-0.05, 0) is 0 Å². The SMILES string of the molecule is CN(O)[C@H]1[C@H](F)[CH]O[C@@H]1CO. The van der Waals surface area contributed by atoms with Crippen LogP contribution in [0, 0.1) is 6.61 Å². The average Bonchev–Trinajstić information content (AvgIpc) is 2.30. The van der Waals surface area contributed by atoms with E-state index in [1.54, 1.807) is 0 Å². The van der Waals surface area contributed by atoms with Crippen LogP contribution >= 0.6 is 0 Å². The average molecular weight is 164 g/mol. The first kappa shape index (κ1) is 8.86. The second kappa shape index (κ2) is 3.44. The molecule has 0 aromatic rings. The van der Waals surface area contributed by atoms with Crippen LogP contribution in [0.2, 0.25) is 0 Å². The molecule has 0 amide bonds. The summed E-state index contributed by atoms with van der Waals surface area (Å²) in [5.74, 6) is 0. The zero-order valence-electron chi connectivity index (χ0n) is 6.14. The lowest BCUT2D eigenvalue weighted by atomic mass is 10.1. The molecule has 5 heteroatoms. The summed E-state index contributed by atoms with van der Waals surface area (Å²) in [6, 6.07) is -0.792. The zero-order valence-corrected chi connectivity index (χ0v) is 6.14. The second-order valence-electron chi connectivity index (χ2n) is 2.50. The highest BCUT2D eigenvalue weighted by Crippen LogP contribution is 2.23. The monoisotopic (exact) mass is 164 g/mol. The van der Waals surface area contributed by atoms with Crippen molar-refractivity contribution < 1.29 is 19.4 Å². The van der Waals surface area contributed by atoms with Gasteiger partial charge in [0.15, 0.2) is 0 Å².